The van der Waals surface area contributed by atoms with Crippen LogP contribution < -0.4 is 10.6 Å². The molecule has 6 heteroatoms. The number of nitrogens with one attached hydrogen (secondary N) is 2. The molecule has 0 aliphatic heterocycles. The number of rotatable bonds is 5. The summed E-state index contributed by atoms with van der Waals surface area (Å²) in [5, 5.41) is 14.6. The number of carbonyl (C=O) groups is 2. The minimum Gasteiger partial charge on any atom is -0.480 e. The van der Waals surface area contributed by atoms with E-state index in [9.17, 15) is 14.7 Å². The number of amides is 2. The average molecular weight is 260 g/mol. The van der Waals surface area contributed by atoms with E-state index >= 15 is 0 Å². The third-order valence-corrected chi connectivity index (χ3v) is 3.67. The minimum atomic E-state index is -1.05. The van der Waals surface area contributed by atoms with Crippen LogP contribution in [0.4, 0.5) is 4.79 Å². The molecule has 1 aliphatic rings. The molecule has 0 spiro atoms. The molecule has 0 atom stereocenters. The first kappa shape index (κ1) is 14.2. The summed E-state index contributed by atoms with van der Waals surface area (Å²) in [5.41, 5.74) is -1.05. The standard InChI is InChI=1S/C11H20N2O3S/c1-17-8-7-12-10(16)13-11(9(14)15)5-3-2-4-6-11/h2-8H2,1H3,(H,14,15)(H2,12,13,16). The highest BCUT2D eigenvalue weighted by molar-refractivity contribution is 7.98. The summed E-state index contributed by atoms with van der Waals surface area (Å²) >= 11 is 1.64. The first-order valence-corrected chi connectivity index (χ1v) is 7.28. The Morgan fingerprint density at radius 2 is 1.94 bits per heavy atom. The summed E-state index contributed by atoms with van der Waals surface area (Å²) in [6.45, 7) is 0.558. The largest absolute Gasteiger partial charge is 0.480 e. The van der Waals surface area contributed by atoms with Crippen molar-refractivity contribution in [2.75, 3.05) is 18.6 Å². The van der Waals surface area contributed by atoms with Crippen molar-refractivity contribution < 1.29 is 14.7 Å². The van der Waals surface area contributed by atoms with Gasteiger partial charge in [-0.3, -0.25) is 0 Å². The number of aliphatic carboxylic acids is 1. The van der Waals surface area contributed by atoms with Gasteiger partial charge >= 0.3 is 12.0 Å². The average Bonchev–Trinajstić information content (AvgIpc) is 2.30. The minimum absolute atomic E-state index is 0.372. The fraction of sp³-hybridized carbons (Fsp3) is 0.818. The van der Waals surface area contributed by atoms with Gasteiger partial charge in [-0.2, -0.15) is 11.8 Å². The van der Waals surface area contributed by atoms with Gasteiger partial charge in [0.1, 0.15) is 5.54 Å². The first-order chi connectivity index (χ1) is 8.10. The second-order valence-electron chi connectivity index (χ2n) is 4.32. The van der Waals surface area contributed by atoms with Gasteiger partial charge in [0.05, 0.1) is 0 Å². The lowest BCUT2D eigenvalue weighted by molar-refractivity contribution is -0.145. The van der Waals surface area contributed by atoms with Crippen LogP contribution in [0.2, 0.25) is 0 Å². The number of carboxylic acids is 1. The molecule has 0 radical (unpaired) electrons. The topological polar surface area (TPSA) is 78.4 Å². The molecule has 98 valence electrons. The third kappa shape index (κ3) is 4.11. The predicted octanol–water partition coefficient (Wildman–Crippen LogP) is 1.44. The number of hydrogen-bond donors (Lipinski definition) is 3. The van der Waals surface area contributed by atoms with Crippen molar-refractivity contribution in [1.82, 2.24) is 10.6 Å². The molecule has 1 saturated carbocycles. The van der Waals surface area contributed by atoms with Crippen LogP contribution >= 0.6 is 11.8 Å². The van der Waals surface area contributed by atoms with Gasteiger partial charge in [0, 0.05) is 12.3 Å². The second-order valence-corrected chi connectivity index (χ2v) is 5.31. The molecule has 0 unspecified atom stereocenters. The maximum absolute atomic E-state index is 11.6. The van der Waals surface area contributed by atoms with Crippen LogP contribution in [0.1, 0.15) is 32.1 Å². The molecule has 1 rings (SSSR count). The van der Waals surface area contributed by atoms with Gasteiger partial charge in [-0.1, -0.05) is 19.3 Å². The van der Waals surface area contributed by atoms with Crippen molar-refractivity contribution in [3.8, 4) is 0 Å². The molecular weight excluding hydrogens is 240 g/mol. The number of carboxylic acid groups (broad SMARTS) is 1. The van der Waals surface area contributed by atoms with Crippen molar-refractivity contribution in [2.24, 2.45) is 0 Å². The molecule has 0 heterocycles. The molecule has 0 saturated heterocycles. The molecular formula is C11H20N2O3S. The number of urea groups is 1. The zero-order valence-electron chi connectivity index (χ0n) is 10.1. The van der Waals surface area contributed by atoms with Crippen molar-refractivity contribution in [3.63, 3.8) is 0 Å². The monoisotopic (exact) mass is 260 g/mol. The molecule has 1 aliphatic carbocycles. The van der Waals surface area contributed by atoms with Gasteiger partial charge in [-0.05, 0) is 19.1 Å². The molecule has 2 amide bonds. The predicted molar refractivity (Wildman–Crippen MR) is 68.4 cm³/mol. The summed E-state index contributed by atoms with van der Waals surface area (Å²) in [4.78, 5) is 22.9. The highest BCUT2D eigenvalue weighted by Crippen LogP contribution is 2.28. The fourth-order valence-electron chi connectivity index (χ4n) is 2.08. The molecule has 17 heavy (non-hydrogen) atoms. The van der Waals surface area contributed by atoms with Crippen molar-refractivity contribution in [1.29, 1.82) is 0 Å². The van der Waals surface area contributed by atoms with Crippen LogP contribution in [0, 0.1) is 0 Å². The summed E-state index contributed by atoms with van der Waals surface area (Å²) in [5.74, 6) is -0.0924. The lowest BCUT2D eigenvalue weighted by Gasteiger charge is -2.33. The van der Waals surface area contributed by atoms with Gasteiger partial charge in [0.15, 0.2) is 0 Å². The van der Waals surface area contributed by atoms with E-state index in [1.165, 1.54) is 0 Å². The van der Waals surface area contributed by atoms with E-state index in [4.69, 9.17) is 0 Å². The van der Waals surface area contributed by atoms with Gasteiger partial charge in [-0.25, -0.2) is 9.59 Å². The molecule has 1 fully saturated rings. The molecule has 5 nitrogen and oxygen atoms in total. The zero-order chi connectivity index (χ0) is 12.7. The maximum Gasteiger partial charge on any atom is 0.329 e. The smallest absolute Gasteiger partial charge is 0.329 e. The van der Waals surface area contributed by atoms with Crippen LogP contribution in [-0.2, 0) is 4.79 Å². The number of carbonyl (C=O) groups excluding carboxylic acids is 1. The normalized spacial score (nSPS) is 18.4. The van der Waals surface area contributed by atoms with E-state index in [0.717, 1.165) is 25.0 Å². The molecule has 3 N–H and O–H groups in total. The van der Waals surface area contributed by atoms with Gasteiger partial charge in [0.25, 0.3) is 0 Å². The van der Waals surface area contributed by atoms with Crippen LogP contribution in [0.15, 0.2) is 0 Å². The Bertz CT molecular complexity index is 278. The van der Waals surface area contributed by atoms with Gasteiger partial charge in [-0.15, -0.1) is 0 Å². The van der Waals surface area contributed by atoms with Crippen LogP contribution in [-0.4, -0.2) is 41.2 Å². The molecule has 0 bridgehead atoms. The Morgan fingerprint density at radius 1 is 1.29 bits per heavy atom. The Balaban J connectivity index is 2.48. The van der Waals surface area contributed by atoms with E-state index in [1.54, 1.807) is 11.8 Å². The van der Waals surface area contributed by atoms with Crippen LogP contribution in [0.5, 0.6) is 0 Å². The van der Waals surface area contributed by atoms with Gasteiger partial charge < -0.3 is 15.7 Å². The van der Waals surface area contributed by atoms with Crippen LogP contribution in [0.25, 0.3) is 0 Å². The quantitative estimate of drug-likeness (QED) is 0.654. The van der Waals surface area contributed by atoms with E-state index in [1.807, 2.05) is 6.26 Å². The van der Waals surface area contributed by atoms with E-state index in [0.29, 0.717) is 19.4 Å². The molecule has 0 aromatic heterocycles. The Labute approximate surface area is 106 Å². The van der Waals surface area contributed by atoms with Crippen molar-refractivity contribution in [3.05, 3.63) is 0 Å². The first-order valence-electron chi connectivity index (χ1n) is 5.89. The Hall–Kier alpha value is -0.910. The Kier molecular flexibility index (Phi) is 5.61. The molecule has 0 aromatic carbocycles. The summed E-state index contributed by atoms with van der Waals surface area (Å²) in [6.07, 6.45) is 5.77. The van der Waals surface area contributed by atoms with E-state index in [2.05, 4.69) is 10.6 Å². The fourth-order valence-corrected chi connectivity index (χ4v) is 2.38. The van der Waals surface area contributed by atoms with Crippen molar-refractivity contribution >= 4 is 23.8 Å². The summed E-state index contributed by atoms with van der Waals surface area (Å²) in [7, 11) is 0. The maximum atomic E-state index is 11.6. The number of hydrogen-bond acceptors (Lipinski definition) is 3. The summed E-state index contributed by atoms with van der Waals surface area (Å²) < 4.78 is 0. The lowest BCUT2D eigenvalue weighted by atomic mass is 9.82. The van der Waals surface area contributed by atoms with Crippen LogP contribution in [0.3, 0.4) is 0 Å². The highest BCUT2D eigenvalue weighted by Gasteiger charge is 2.40. The highest BCUT2D eigenvalue weighted by atomic mass is 32.2. The number of thioether (sulfide) groups is 1. The second kappa shape index (κ2) is 6.74. The summed E-state index contributed by atoms with van der Waals surface area (Å²) in [6, 6.07) is -0.372. The third-order valence-electron chi connectivity index (χ3n) is 3.06. The van der Waals surface area contributed by atoms with E-state index in [-0.39, 0.29) is 6.03 Å². The van der Waals surface area contributed by atoms with Crippen molar-refractivity contribution in [2.45, 2.75) is 37.6 Å². The SMILES string of the molecule is CSCCNC(=O)NC1(C(=O)O)CCCCC1. The zero-order valence-corrected chi connectivity index (χ0v) is 10.9. The van der Waals surface area contributed by atoms with Gasteiger partial charge in [0.2, 0.25) is 0 Å². The van der Waals surface area contributed by atoms with E-state index < -0.39 is 11.5 Å². The Morgan fingerprint density at radius 3 is 2.47 bits per heavy atom. The molecule has 0 aromatic rings. The lowest BCUT2D eigenvalue weighted by Crippen LogP contribution is -2.58.